The number of carbonyl (C=O) groups excluding carboxylic acids is 1. The molecule has 0 saturated heterocycles. The molecule has 0 saturated carbocycles. The third-order valence-corrected chi connectivity index (χ3v) is 3.46. The Balaban J connectivity index is 2.89. The van der Waals surface area contributed by atoms with E-state index in [4.69, 9.17) is 10.5 Å². The first kappa shape index (κ1) is 14.4. The maximum atomic E-state index is 11.4. The highest BCUT2D eigenvalue weighted by Gasteiger charge is 2.15. The van der Waals surface area contributed by atoms with Gasteiger partial charge in [-0.25, -0.2) is 8.42 Å². The molecule has 0 aliphatic carbocycles. The third kappa shape index (κ3) is 3.69. The zero-order valence-electron chi connectivity index (χ0n) is 10.3. The maximum Gasteiger partial charge on any atom is 0.306 e. The molecule has 1 aromatic heterocycles. The highest BCUT2D eigenvalue weighted by atomic mass is 32.2. The van der Waals surface area contributed by atoms with Crippen LogP contribution in [0.3, 0.4) is 0 Å². The van der Waals surface area contributed by atoms with Gasteiger partial charge in [0, 0.05) is 18.9 Å². The Morgan fingerprint density at radius 1 is 1.50 bits per heavy atom. The van der Waals surface area contributed by atoms with Crippen molar-refractivity contribution in [3.8, 4) is 0 Å². The Kier molecular flexibility index (Phi) is 4.66. The van der Waals surface area contributed by atoms with Gasteiger partial charge < -0.3 is 10.5 Å². The van der Waals surface area contributed by atoms with Crippen molar-refractivity contribution in [2.24, 2.45) is 0 Å². The van der Waals surface area contributed by atoms with Crippen molar-refractivity contribution in [2.75, 3.05) is 18.6 Å². The van der Waals surface area contributed by atoms with Gasteiger partial charge in [-0.05, 0) is 13.0 Å². The van der Waals surface area contributed by atoms with Crippen molar-refractivity contribution in [2.45, 2.75) is 24.7 Å². The highest BCUT2D eigenvalue weighted by molar-refractivity contribution is 7.90. The summed E-state index contributed by atoms with van der Waals surface area (Å²) in [6.45, 7) is 2.03. The summed E-state index contributed by atoms with van der Waals surface area (Å²) >= 11 is 0. The second-order valence-corrected chi connectivity index (χ2v) is 5.73. The van der Waals surface area contributed by atoms with Crippen molar-refractivity contribution in [3.05, 3.63) is 18.0 Å². The largest absolute Gasteiger partial charge is 0.466 e. The van der Waals surface area contributed by atoms with Crippen molar-refractivity contribution < 1.29 is 17.9 Å². The lowest BCUT2D eigenvalue weighted by Gasteiger charge is -2.08. The van der Waals surface area contributed by atoms with Gasteiger partial charge in [0.25, 0.3) is 0 Å². The molecule has 0 fully saturated rings. The lowest BCUT2D eigenvalue weighted by molar-refractivity contribution is -0.143. The van der Waals surface area contributed by atoms with Crippen LogP contribution in [0.15, 0.2) is 17.2 Å². The van der Waals surface area contributed by atoms with Gasteiger partial charge in [-0.1, -0.05) is 0 Å². The number of nitrogens with two attached hydrogens (primary N) is 1. The predicted molar refractivity (Wildman–Crippen MR) is 66.7 cm³/mol. The second kappa shape index (κ2) is 5.81. The Hall–Kier alpha value is -1.63. The molecule has 1 rings (SSSR count). The zero-order valence-corrected chi connectivity index (χ0v) is 11.2. The maximum absolute atomic E-state index is 11.4. The van der Waals surface area contributed by atoms with E-state index < -0.39 is 9.84 Å². The fourth-order valence-electron chi connectivity index (χ4n) is 1.47. The number of nitrogens with zero attached hydrogens (tertiary/aromatic N) is 1. The minimum atomic E-state index is -3.39. The highest BCUT2D eigenvalue weighted by Crippen LogP contribution is 2.21. The molecule has 0 aromatic carbocycles. The number of ether oxygens (including phenoxy) is 1. The molecule has 18 heavy (non-hydrogen) atoms. The normalized spacial score (nSPS) is 11.2. The molecule has 1 heterocycles. The summed E-state index contributed by atoms with van der Waals surface area (Å²) in [5, 5.41) is 0. The Morgan fingerprint density at radius 2 is 2.17 bits per heavy atom. The molecule has 0 aliphatic heterocycles. The van der Waals surface area contributed by atoms with Gasteiger partial charge in [-0.15, -0.1) is 0 Å². The van der Waals surface area contributed by atoms with Gasteiger partial charge in [0.05, 0.1) is 29.3 Å². The molecule has 0 unspecified atom stereocenters. The van der Waals surface area contributed by atoms with E-state index in [2.05, 4.69) is 4.98 Å². The lowest BCUT2D eigenvalue weighted by Crippen LogP contribution is -2.10. The number of aryl methyl sites for hydroxylation is 1. The molecule has 0 radical (unpaired) electrons. The zero-order chi connectivity index (χ0) is 13.8. The summed E-state index contributed by atoms with van der Waals surface area (Å²) in [5.41, 5.74) is 6.23. The number of nitrogen functional groups attached to an aromatic ring is 1. The van der Waals surface area contributed by atoms with Crippen LogP contribution in [0.5, 0.6) is 0 Å². The Labute approximate surface area is 106 Å². The fourth-order valence-corrected chi connectivity index (χ4v) is 2.30. The van der Waals surface area contributed by atoms with Crippen LogP contribution in [0.25, 0.3) is 0 Å². The minimum Gasteiger partial charge on any atom is -0.466 e. The van der Waals surface area contributed by atoms with E-state index in [-0.39, 0.29) is 29.4 Å². The van der Waals surface area contributed by atoms with Crippen molar-refractivity contribution >= 4 is 21.5 Å². The number of pyridine rings is 1. The number of hydrogen-bond acceptors (Lipinski definition) is 6. The van der Waals surface area contributed by atoms with E-state index in [0.717, 1.165) is 6.26 Å². The van der Waals surface area contributed by atoms with Crippen molar-refractivity contribution in [1.29, 1.82) is 0 Å². The quantitative estimate of drug-likeness (QED) is 0.786. The van der Waals surface area contributed by atoms with E-state index >= 15 is 0 Å². The van der Waals surface area contributed by atoms with Crippen molar-refractivity contribution in [1.82, 2.24) is 4.98 Å². The molecular formula is C11H16N2O4S. The Bertz CT molecular complexity index is 540. The van der Waals surface area contributed by atoms with Crippen LogP contribution in [0.4, 0.5) is 5.69 Å². The van der Waals surface area contributed by atoms with Gasteiger partial charge in [0.2, 0.25) is 0 Å². The molecule has 7 heteroatoms. The summed E-state index contributed by atoms with van der Waals surface area (Å²) < 4.78 is 27.7. The lowest BCUT2D eigenvalue weighted by atomic mass is 10.2. The van der Waals surface area contributed by atoms with Crippen LogP contribution in [0.2, 0.25) is 0 Å². The fraction of sp³-hybridized carbons (Fsp3) is 0.455. The van der Waals surface area contributed by atoms with Crippen molar-refractivity contribution in [3.63, 3.8) is 0 Å². The number of sulfone groups is 1. The first-order valence-corrected chi connectivity index (χ1v) is 7.34. The van der Waals surface area contributed by atoms with Gasteiger partial charge >= 0.3 is 5.97 Å². The van der Waals surface area contributed by atoms with Crippen LogP contribution < -0.4 is 5.73 Å². The smallest absolute Gasteiger partial charge is 0.306 e. The van der Waals surface area contributed by atoms with Crippen LogP contribution in [-0.4, -0.2) is 32.2 Å². The van der Waals surface area contributed by atoms with Gasteiger partial charge in [-0.2, -0.15) is 0 Å². The molecule has 100 valence electrons. The summed E-state index contributed by atoms with van der Waals surface area (Å²) in [6.07, 6.45) is 2.83. The van der Waals surface area contributed by atoms with Crippen LogP contribution >= 0.6 is 0 Å². The SMILES string of the molecule is CCOC(=O)CCc1nccc(S(C)(=O)=O)c1N. The number of anilines is 1. The summed E-state index contributed by atoms with van der Waals surface area (Å²) in [5.74, 6) is -0.358. The third-order valence-electron chi connectivity index (χ3n) is 2.30. The van der Waals surface area contributed by atoms with E-state index in [9.17, 15) is 13.2 Å². The summed E-state index contributed by atoms with van der Waals surface area (Å²) in [6, 6.07) is 1.35. The monoisotopic (exact) mass is 272 g/mol. The average Bonchev–Trinajstić information content (AvgIpc) is 2.26. The first-order valence-electron chi connectivity index (χ1n) is 5.45. The number of carbonyl (C=O) groups is 1. The number of aromatic nitrogens is 1. The number of rotatable bonds is 5. The average molecular weight is 272 g/mol. The van der Waals surface area contributed by atoms with E-state index in [1.54, 1.807) is 6.92 Å². The summed E-state index contributed by atoms with van der Waals surface area (Å²) in [7, 11) is -3.39. The Morgan fingerprint density at radius 3 is 2.72 bits per heavy atom. The van der Waals surface area contributed by atoms with E-state index in [0.29, 0.717) is 12.3 Å². The molecule has 6 nitrogen and oxygen atoms in total. The standard InChI is InChI=1S/C11H16N2O4S/c1-3-17-10(14)5-4-8-11(12)9(6-7-13-8)18(2,15)16/h6-7H,3-5,12H2,1-2H3. The molecule has 0 atom stereocenters. The molecule has 2 N–H and O–H groups in total. The molecule has 0 spiro atoms. The van der Waals surface area contributed by atoms with Crippen LogP contribution in [-0.2, 0) is 25.8 Å². The second-order valence-electron chi connectivity index (χ2n) is 3.75. The van der Waals surface area contributed by atoms with Gasteiger partial charge in [0.1, 0.15) is 0 Å². The van der Waals surface area contributed by atoms with Crippen LogP contribution in [0.1, 0.15) is 19.0 Å². The topological polar surface area (TPSA) is 99.3 Å². The number of hydrogen-bond donors (Lipinski definition) is 1. The molecule has 0 amide bonds. The van der Waals surface area contributed by atoms with E-state index in [1.807, 2.05) is 0 Å². The van der Waals surface area contributed by atoms with Gasteiger partial charge in [-0.3, -0.25) is 9.78 Å². The number of esters is 1. The summed E-state index contributed by atoms with van der Waals surface area (Å²) in [4.78, 5) is 15.2. The minimum absolute atomic E-state index is 0.0383. The molecule has 1 aromatic rings. The molecular weight excluding hydrogens is 256 g/mol. The van der Waals surface area contributed by atoms with E-state index in [1.165, 1.54) is 12.3 Å². The van der Waals surface area contributed by atoms with Crippen LogP contribution in [0, 0.1) is 0 Å². The van der Waals surface area contributed by atoms with Gasteiger partial charge in [0.15, 0.2) is 9.84 Å². The predicted octanol–water partition coefficient (Wildman–Crippen LogP) is 0.563. The first-order chi connectivity index (χ1) is 8.36. The molecule has 0 bridgehead atoms. The molecule has 0 aliphatic rings.